The summed E-state index contributed by atoms with van der Waals surface area (Å²) < 4.78 is 13.5. The highest BCUT2D eigenvalue weighted by Gasteiger charge is 1.96. The van der Waals surface area contributed by atoms with E-state index in [9.17, 15) is 4.55 Å². The molecule has 0 aliphatic heterocycles. The average molecular weight is 169 g/mol. The number of hydrogen-bond acceptors (Lipinski definition) is 2. The first kappa shape index (κ1) is 8.43. The Morgan fingerprint density at radius 3 is 2.27 bits per heavy atom. The zero-order valence-corrected chi connectivity index (χ0v) is 7.44. The summed E-state index contributed by atoms with van der Waals surface area (Å²) in [5, 5.41) is 0. The number of anilines is 1. The Morgan fingerprint density at radius 1 is 1.27 bits per heavy atom. The highest BCUT2D eigenvalue weighted by Crippen LogP contribution is 2.09. The molecular weight excluding hydrogens is 158 g/mol. The van der Waals surface area contributed by atoms with Crippen LogP contribution in [0.1, 0.15) is 5.56 Å². The Balaban J connectivity index is 2.66. The first-order valence-electron chi connectivity index (χ1n) is 3.35. The summed E-state index contributed by atoms with van der Waals surface area (Å²) in [6, 6.07) is 7.79. The molecule has 3 heteroatoms. The van der Waals surface area contributed by atoms with E-state index in [0.717, 1.165) is 5.69 Å². The normalized spacial score (nSPS) is 12.6. The molecule has 1 aromatic carbocycles. The van der Waals surface area contributed by atoms with Crippen molar-refractivity contribution in [3.05, 3.63) is 29.8 Å². The van der Waals surface area contributed by atoms with Gasteiger partial charge in [0, 0.05) is 0 Å². The minimum absolute atomic E-state index is 0.899. The molecule has 1 N–H and O–H groups in total. The van der Waals surface area contributed by atoms with E-state index in [1.54, 1.807) is 6.26 Å². The largest absolute Gasteiger partial charge is 0.593 e. The van der Waals surface area contributed by atoms with Gasteiger partial charge in [-0.1, -0.05) is 17.7 Å². The lowest BCUT2D eigenvalue weighted by Crippen LogP contribution is -2.09. The SMILES string of the molecule is Cc1ccc(N[S+](C)[O-])cc1. The van der Waals surface area contributed by atoms with Crippen molar-refractivity contribution in [1.29, 1.82) is 0 Å². The highest BCUT2D eigenvalue weighted by atomic mass is 32.2. The topological polar surface area (TPSA) is 35.1 Å². The van der Waals surface area contributed by atoms with Gasteiger partial charge in [0.1, 0.15) is 6.26 Å². The van der Waals surface area contributed by atoms with Crippen LogP contribution in [0.4, 0.5) is 5.69 Å². The minimum atomic E-state index is -0.973. The molecule has 60 valence electrons. The first-order chi connectivity index (χ1) is 5.18. The van der Waals surface area contributed by atoms with E-state index >= 15 is 0 Å². The number of benzene rings is 1. The monoisotopic (exact) mass is 169 g/mol. The van der Waals surface area contributed by atoms with E-state index in [0.29, 0.717) is 0 Å². The van der Waals surface area contributed by atoms with Gasteiger partial charge in [0.2, 0.25) is 0 Å². The minimum Gasteiger partial charge on any atom is -0.593 e. The zero-order valence-electron chi connectivity index (χ0n) is 6.63. The van der Waals surface area contributed by atoms with Crippen molar-refractivity contribution < 1.29 is 4.55 Å². The zero-order chi connectivity index (χ0) is 8.27. The van der Waals surface area contributed by atoms with Crippen molar-refractivity contribution in [2.75, 3.05) is 11.0 Å². The van der Waals surface area contributed by atoms with Crippen LogP contribution in [0.5, 0.6) is 0 Å². The fourth-order valence-electron chi connectivity index (χ4n) is 0.788. The Kier molecular flexibility index (Phi) is 2.79. The summed E-state index contributed by atoms with van der Waals surface area (Å²) in [4.78, 5) is 0. The first-order valence-corrected chi connectivity index (χ1v) is 4.91. The van der Waals surface area contributed by atoms with Crippen LogP contribution in [0, 0.1) is 6.92 Å². The van der Waals surface area contributed by atoms with E-state index < -0.39 is 11.4 Å². The molecule has 0 aliphatic carbocycles. The molecule has 1 rings (SSSR count). The molecule has 0 aromatic heterocycles. The van der Waals surface area contributed by atoms with Gasteiger partial charge < -0.3 is 4.55 Å². The van der Waals surface area contributed by atoms with E-state index in [1.165, 1.54) is 5.56 Å². The fourth-order valence-corrected chi connectivity index (χ4v) is 1.26. The summed E-state index contributed by atoms with van der Waals surface area (Å²) in [5.41, 5.74) is 2.11. The molecule has 0 heterocycles. The van der Waals surface area contributed by atoms with Gasteiger partial charge in [0.05, 0.1) is 17.0 Å². The molecule has 1 atom stereocenters. The van der Waals surface area contributed by atoms with E-state index in [1.807, 2.05) is 31.2 Å². The van der Waals surface area contributed by atoms with Crippen LogP contribution in [-0.4, -0.2) is 10.8 Å². The van der Waals surface area contributed by atoms with Crippen LogP contribution >= 0.6 is 0 Å². The predicted molar refractivity (Wildman–Crippen MR) is 48.9 cm³/mol. The van der Waals surface area contributed by atoms with Gasteiger partial charge in [0.25, 0.3) is 0 Å². The second-order valence-electron chi connectivity index (χ2n) is 2.42. The van der Waals surface area contributed by atoms with Crippen LogP contribution in [0.15, 0.2) is 24.3 Å². The molecule has 2 nitrogen and oxygen atoms in total. The van der Waals surface area contributed by atoms with Gasteiger partial charge in [-0.05, 0) is 19.1 Å². The van der Waals surface area contributed by atoms with Crippen molar-refractivity contribution in [2.24, 2.45) is 0 Å². The van der Waals surface area contributed by atoms with Gasteiger partial charge in [-0.2, -0.15) is 0 Å². The standard InChI is InChI=1S/C8H11NOS/c1-7-3-5-8(6-4-7)9-11(2)10/h3-6,9H,1-2H3. The van der Waals surface area contributed by atoms with Crippen LogP contribution in [-0.2, 0) is 11.4 Å². The Bertz CT molecular complexity index is 220. The molecule has 0 saturated carbocycles. The Hall–Kier alpha value is -0.670. The Labute approximate surface area is 69.9 Å². The average Bonchev–Trinajstić information content (AvgIpc) is 1.93. The lowest BCUT2D eigenvalue weighted by atomic mass is 10.2. The molecule has 1 aromatic rings. The van der Waals surface area contributed by atoms with Gasteiger partial charge >= 0.3 is 0 Å². The van der Waals surface area contributed by atoms with Gasteiger partial charge in [-0.15, -0.1) is 0 Å². The number of hydrogen-bond donors (Lipinski definition) is 1. The third kappa shape index (κ3) is 2.82. The van der Waals surface area contributed by atoms with Crippen molar-refractivity contribution in [1.82, 2.24) is 0 Å². The molecule has 0 bridgehead atoms. The maximum Gasteiger partial charge on any atom is 0.121 e. The maximum atomic E-state index is 10.7. The molecule has 1 unspecified atom stereocenters. The maximum absolute atomic E-state index is 10.7. The molecule has 0 fully saturated rings. The summed E-state index contributed by atoms with van der Waals surface area (Å²) in [6.07, 6.45) is 1.61. The summed E-state index contributed by atoms with van der Waals surface area (Å²) in [7, 11) is 0. The fraction of sp³-hybridized carbons (Fsp3) is 0.250. The predicted octanol–water partition coefficient (Wildman–Crippen LogP) is 1.70. The third-order valence-electron chi connectivity index (χ3n) is 1.31. The molecule has 11 heavy (non-hydrogen) atoms. The van der Waals surface area contributed by atoms with Gasteiger partial charge in [0.15, 0.2) is 0 Å². The number of rotatable bonds is 2. The number of aryl methyl sites for hydroxylation is 1. The molecule has 0 spiro atoms. The van der Waals surface area contributed by atoms with Crippen molar-refractivity contribution in [3.63, 3.8) is 0 Å². The van der Waals surface area contributed by atoms with E-state index in [4.69, 9.17) is 0 Å². The second kappa shape index (κ2) is 3.64. The molecule has 0 radical (unpaired) electrons. The van der Waals surface area contributed by atoms with E-state index in [2.05, 4.69) is 4.72 Å². The lowest BCUT2D eigenvalue weighted by molar-refractivity contribution is 0.605. The van der Waals surface area contributed by atoms with Crippen LogP contribution in [0.25, 0.3) is 0 Å². The molecule has 0 saturated heterocycles. The smallest absolute Gasteiger partial charge is 0.121 e. The molecule has 0 amide bonds. The highest BCUT2D eigenvalue weighted by molar-refractivity contribution is 7.92. The van der Waals surface area contributed by atoms with Crippen LogP contribution in [0.3, 0.4) is 0 Å². The van der Waals surface area contributed by atoms with Crippen molar-refractivity contribution in [3.8, 4) is 0 Å². The lowest BCUT2D eigenvalue weighted by Gasteiger charge is -2.06. The van der Waals surface area contributed by atoms with E-state index in [-0.39, 0.29) is 0 Å². The van der Waals surface area contributed by atoms with Gasteiger partial charge in [-0.3, -0.25) is 0 Å². The summed E-state index contributed by atoms with van der Waals surface area (Å²) in [6.45, 7) is 2.02. The van der Waals surface area contributed by atoms with Crippen LogP contribution in [0.2, 0.25) is 0 Å². The summed E-state index contributed by atoms with van der Waals surface area (Å²) in [5.74, 6) is 0. The third-order valence-corrected chi connectivity index (χ3v) is 1.84. The van der Waals surface area contributed by atoms with Gasteiger partial charge in [-0.25, -0.2) is 4.72 Å². The molecular formula is C8H11NOS. The summed E-state index contributed by atoms with van der Waals surface area (Å²) >= 11 is -0.973. The quantitative estimate of drug-likeness (QED) is 0.684. The molecule has 0 aliphatic rings. The van der Waals surface area contributed by atoms with Crippen molar-refractivity contribution >= 4 is 17.0 Å². The van der Waals surface area contributed by atoms with Crippen molar-refractivity contribution in [2.45, 2.75) is 6.92 Å². The second-order valence-corrected chi connectivity index (χ2v) is 3.53. The number of nitrogens with one attached hydrogen (secondary N) is 1. The van der Waals surface area contributed by atoms with Crippen LogP contribution < -0.4 is 4.72 Å². The Morgan fingerprint density at radius 2 is 1.82 bits per heavy atom.